The molecule has 1 fully saturated rings. The third-order valence-electron chi connectivity index (χ3n) is 3.08. The van der Waals surface area contributed by atoms with E-state index in [0.717, 1.165) is 11.3 Å². The number of nitrogens with two attached hydrogens (primary N) is 1. The van der Waals surface area contributed by atoms with E-state index >= 15 is 0 Å². The summed E-state index contributed by atoms with van der Waals surface area (Å²) in [7, 11) is -3.57. The summed E-state index contributed by atoms with van der Waals surface area (Å²) in [6.45, 7) is 2.35. The molecule has 0 unspecified atom stereocenters. The average Bonchev–Trinajstić information content (AvgIpc) is 2.98. The van der Waals surface area contributed by atoms with Gasteiger partial charge in [-0.05, 0) is 31.4 Å². The smallest absolute Gasteiger partial charge is 0.253 e. The van der Waals surface area contributed by atoms with Crippen LogP contribution in [0.5, 0.6) is 0 Å². The first-order valence-corrected chi connectivity index (χ1v) is 8.12. The molecule has 0 aromatic carbocycles. The fourth-order valence-electron chi connectivity index (χ4n) is 2.11. The lowest BCUT2D eigenvalue weighted by molar-refractivity contribution is -0.121. The summed E-state index contributed by atoms with van der Waals surface area (Å²) >= 11 is 1.26. The van der Waals surface area contributed by atoms with E-state index in [0.29, 0.717) is 23.6 Å². The van der Waals surface area contributed by atoms with Crippen molar-refractivity contribution in [1.29, 1.82) is 0 Å². The molecule has 1 aromatic heterocycles. The van der Waals surface area contributed by atoms with E-state index < -0.39 is 22.0 Å². The standard InChI is InChI=1S/C11H16N2O3S2/c1-2-8-5-6-10(17-8)18(15,16)13-7-3-4-9(13)11(12)14/h5-6,9H,2-4,7H2,1H3,(H2,12,14)/t9-/m0/s1. The highest BCUT2D eigenvalue weighted by molar-refractivity contribution is 7.91. The van der Waals surface area contributed by atoms with Gasteiger partial charge in [-0.1, -0.05) is 6.92 Å². The summed E-state index contributed by atoms with van der Waals surface area (Å²) in [5, 5.41) is 0. The van der Waals surface area contributed by atoms with Crippen molar-refractivity contribution in [1.82, 2.24) is 4.31 Å². The van der Waals surface area contributed by atoms with E-state index in [1.54, 1.807) is 6.07 Å². The molecule has 5 nitrogen and oxygen atoms in total. The minimum Gasteiger partial charge on any atom is -0.368 e. The Hall–Kier alpha value is -0.920. The lowest BCUT2D eigenvalue weighted by Crippen LogP contribution is -2.43. The molecule has 100 valence electrons. The second-order valence-electron chi connectivity index (χ2n) is 4.25. The van der Waals surface area contributed by atoms with Crippen molar-refractivity contribution in [2.75, 3.05) is 6.54 Å². The van der Waals surface area contributed by atoms with Crippen LogP contribution in [0.3, 0.4) is 0 Å². The Balaban J connectivity index is 2.33. The highest BCUT2D eigenvalue weighted by Crippen LogP contribution is 2.30. The maximum absolute atomic E-state index is 12.4. The van der Waals surface area contributed by atoms with Crippen molar-refractivity contribution in [3.8, 4) is 0 Å². The Morgan fingerprint density at radius 3 is 2.83 bits per heavy atom. The molecule has 0 aliphatic carbocycles. The van der Waals surface area contributed by atoms with Gasteiger partial charge >= 0.3 is 0 Å². The highest BCUT2D eigenvalue weighted by atomic mass is 32.2. The predicted octanol–water partition coefficient (Wildman–Crippen LogP) is 0.949. The van der Waals surface area contributed by atoms with Crippen molar-refractivity contribution in [2.45, 2.75) is 36.4 Å². The van der Waals surface area contributed by atoms with Crippen LogP contribution in [0, 0.1) is 0 Å². The number of carbonyl (C=O) groups excluding carboxylic acids is 1. The minimum absolute atomic E-state index is 0.299. The zero-order valence-corrected chi connectivity index (χ0v) is 11.8. The molecule has 2 rings (SSSR count). The Kier molecular flexibility index (Phi) is 3.74. The third-order valence-corrected chi connectivity index (χ3v) is 6.69. The fraction of sp³-hybridized carbons (Fsp3) is 0.545. The molecule has 1 aliphatic heterocycles. The summed E-state index contributed by atoms with van der Waals surface area (Å²) in [5.74, 6) is -0.566. The molecule has 1 aliphatic rings. The molecular formula is C11H16N2O3S2. The molecule has 1 amide bonds. The lowest BCUT2D eigenvalue weighted by atomic mass is 10.2. The number of nitrogens with zero attached hydrogens (tertiary/aromatic N) is 1. The SMILES string of the molecule is CCc1ccc(S(=O)(=O)N2CCC[C@H]2C(N)=O)s1. The van der Waals surface area contributed by atoms with Crippen LogP contribution in [-0.4, -0.2) is 31.2 Å². The number of amides is 1. The molecule has 0 radical (unpaired) electrons. The van der Waals surface area contributed by atoms with Gasteiger partial charge in [0.2, 0.25) is 5.91 Å². The van der Waals surface area contributed by atoms with Gasteiger partial charge in [-0.3, -0.25) is 4.79 Å². The van der Waals surface area contributed by atoms with Gasteiger partial charge in [-0.15, -0.1) is 11.3 Å². The van der Waals surface area contributed by atoms with Crippen molar-refractivity contribution < 1.29 is 13.2 Å². The Morgan fingerprint density at radius 1 is 1.56 bits per heavy atom. The van der Waals surface area contributed by atoms with E-state index in [9.17, 15) is 13.2 Å². The van der Waals surface area contributed by atoms with E-state index in [-0.39, 0.29) is 0 Å². The van der Waals surface area contributed by atoms with Gasteiger partial charge in [0.15, 0.2) is 0 Å². The summed E-state index contributed by atoms with van der Waals surface area (Å²) < 4.78 is 26.3. The molecule has 2 heterocycles. The number of hydrogen-bond acceptors (Lipinski definition) is 4. The van der Waals surface area contributed by atoms with E-state index in [1.165, 1.54) is 15.6 Å². The molecule has 0 bridgehead atoms. The molecule has 18 heavy (non-hydrogen) atoms. The molecule has 1 aromatic rings. The van der Waals surface area contributed by atoms with Crippen LogP contribution in [-0.2, 0) is 21.2 Å². The zero-order chi connectivity index (χ0) is 13.3. The van der Waals surface area contributed by atoms with Crippen LogP contribution >= 0.6 is 11.3 Å². The zero-order valence-electron chi connectivity index (χ0n) is 10.1. The quantitative estimate of drug-likeness (QED) is 0.895. The number of carbonyl (C=O) groups is 1. The predicted molar refractivity (Wildman–Crippen MR) is 69.8 cm³/mol. The summed E-state index contributed by atoms with van der Waals surface area (Å²) in [6.07, 6.45) is 2.00. The van der Waals surface area contributed by atoms with Crippen LogP contribution in [0.1, 0.15) is 24.6 Å². The highest BCUT2D eigenvalue weighted by Gasteiger charge is 2.38. The minimum atomic E-state index is -3.57. The van der Waals surface area contributed by atoms with E-state index in [4.69, 9.17) is 5.73 Å². The van der Waals surface area contributed by atoms with E-state index in [1.807, 2.05) is 13.0 Å². The number of primary amides is 1. The molecule has 1 atom stereocenters. The number of aryl methyl sites for hydroxylation is 1. The first kappa shape index (κ1) is 13.5. The van der Waals surface area contributed by atoms with Gasteiger partial charge in [0, 0.05) is 11.4 Å². The van der Waals surface area contributed by atoms with Crippen LogP contribution in [0.2, 0.25) is 0 Å². The molecule has 1 saturated heterocycles. The van der Waals surface area contributed by atoms with E-state index in [2.05, 4.69) is 0 Å². The normalized spacial score (nSPS) is 21.3. The first-order chi connectivity index (χ1) is 8.46. The second kappa shape index (κ2) is 4.99. The van der Waals surface area contributed by atoms with Crippen molar-refractivity contribution in [2.24, 2.45) is 5.73 Å². The number of hydrogen-bond donors (Lipinski definition) is 1. The van der Waals surface area contributed by atoms with Crippen LogP contribution in [0.15, 0.2) is 16.3 Å². The fourth-order valence-corrected chi connectivity index (χ4v) is 5.20. The van der Waals surface area contributed by atoms with Crippen molar-refractivity contribution in [3.63, 3.8) is 0 Å². The van der Waals surface area contributed by atoms with Crippen LogP contribution < -0.4 is 5.73 Å². The van der Waals surface area contributed by atoms with Crippen LogP contribution in [0.4, 0.5) is 0 Å². The van der Waals surface area contributed by atoms with Crippen LogP contribution in [0.25, 0.3) is 0 Å². The van der Waals surface area contributed by atoms with Crippen molar-refractivity contribution in [3.05, 3.63) is 17.0 Å². The summed E-state index contributed by atoms with van der Waals surface area (Å²) in [5.41, 5.74) is 5.25. The molecule has 7 heteroatoms. The number of thiophene rings is 1. The first-order valence-electron chi connectivity index (χ1n) is 5.86. The van der Waals surface area contributed by atoms with Gasteiger partial charge in [0.05, 0.1) is 0 Å². The summed E-state index contributed by atoms with van der Waals surface area (Å²) in [6, 6.07) is 2.73. The third kappa shape index (κ3) is 2.30. The average molecular weight is 288 g/mol. The largest absolute Gasteiger partial charge is 0.368 e. The van der Waals surface area contributed by atoms with Crippen molar-refractivity contribution >= 4 is 27.3 Å². The Morgan fingerprint density at radius 2 is 2.28 bits per heavy atom. The van der Waals surface area contributed by atoms with Gasteiger partial charge in [0.25, 0.3) is 10.0 Å². The monoisotopic (exact) mass is 288 g/mol. The van der Waals surface area contributed by atoms with Gasteiger partial charge in [-0.25, -0.2) is 8.42 Å². The summed E-state index contributed by atoms with van der Waals surface area (Å²) in [4.78, 5) is 12.3. The lowest BCUT2D eigenvalue weighted by Gasteiger charge is -2.20. The molecule has 2 N–H and O–H groups in total. The van der Waals surface area contributed by atoms with Gasteiger partial charge in [0.1, 0.15) is 10.3 Å². The maximum Gasteiger partial charge on any atom is 0.253 e. The molecule has 0 saturated carbocycles. The van der Waals surface area contributed by atoms with Gasteiger partial charge in [-0.2, -0.15) is 4.31 Å². The maximum atomic E-state index is 12.4. The molecule has 0 spiro atoms. The van der Waals surface area contributed by atoms with Gasteiger partial charge < -0.3 is 5.73 Å². The Labute approximate surface area is 111 Å². The molecular weight excluding hydrogens is 272 g/mol. The topological polar surface area (TPSA) is 80.5 Å². The second-order valence-corrected chi connectivity index (χ2v) is 7.54. The number of sulfonamides is 1. The number of rotatable bonds is 4. The Bertz CT molecular complexity index is 550.